The highest BCUT2D eigenvalue weighted by Gasteiger charge is 2.55. The molecule has 16 heteroatoms. The van der Waals surface area contributed by atoms with E-state index in [0.717, 1.165) is 34.6 Å². The second-order valence-electron chi connectivity index (χ2n) is 7.26. The van der Waals surface area contributed by atoms with Gasteiger partial charge in [-0.3, -0.25) is 19.2 Å². The van der Waals surface area contributed by atoms with Gasteiger partial charge >= 0.3 is 29.7 Å². The van der Waals surface area contributed by atoms with Crippen LogP contribution in [0.15, 0.2) is 4.99 Å². The molecule has 0 rings (SSSR count). The molecule has 0 aromatic heterocycles. The number of aliphatic imine (C=N–C) groups is 1. The number of carbonyl (C=O) groups is 5. The first-order valence-corrected chi connectivity index (χ1v) is 10.1. The number of halogens is 2. The summed E-state index contributed by atoms with van der Waals surface area (Å²) in [4.78, 5) is 60.6. The van der Waals surface area contributed by atoms with E-state index in [9.17, 15) is 29.1 Å². The van der Waals surface area contributed by atoms with Gasteiger partial charge in [0.2, 0.25) is 5.91 Å². The summed E-state index contributed by atoms with van der Waals surface area (Å²) in [7, 11) is 0. The van der Waals surface area contributed by atoms with Crippen LogP contribution in [0, 0.1) is 0 Å². The van der Waals surface area contributed by atoms with Crippen LogP contribution in [0.3, 0.4) is 0 Å². The molecule has 0 aliphatic heterocycles. The van der Waals surface area contributed by atoms with E-state index >= 15 is 8.78 Å². The van der Waals surface area contributed by atoms with Crippen molar-refractivity contribution < 1.29 is 56.8 Å². The molecule has 0 fully saturated rings. The molecule has 35 heavy (non-hydrogen) atoms. The summed E-state index contributed by atoms with van der Waals surface area (Å²) in [6, 6.07) is -1.95. The first-order chi connectivity index (χ1) is 16.0. The lowest BCUT2D eigenvalue weighted by atomic mass is 10.0. The molecule has 0 bridgehead atoms. The Labute approximate surface area is 199 Å². The predicted octanol–water partition coefficient (Wildman–Crippen LogP) is -1.32. The summed E-state index contributed by atoms with van der Waals surface area (Å²) in [5.74, 6) is -10.7. The van der Waals surface area contributed by atoms with Crippen LogP contribution in [0.1, 0.15) is 34.6 Å². The van der Waals surface area contributed by atoms with Gasteiger partial charge in [-0.05, 0) is 6.92 Å². The number of nitrogens with one attached hydrogen (secondary N) is 1. The second-order valence-corrected chi connectivity index (χ2v) is 7.26. The Morgan fingerprint density at radius 2 is 1.57 bits per heavy atom. The molecule has 0 aliphatic rings. The van der Waals surface area contributed by atoms with E-state index in [1.165, 1.54) is 0 Å². The molecule has 6 N–H and O–H groups in total. The summed E-state index contributed by atoms with van der Waals surface area (Å²) in [5.41, 5.74) is 10.4. The molecule has 0 aliphatic carbocycles. The minimum absolute atomic E-state index is 0.674. The van der Waals surface area contributed by atoms with Crippen LogP contribution in [-0.4, -0.2) is 90.4 Å². The standard InChI is InChI=1S/C19H30F2N4O10/c1-8(15(34-12(5)29)14(33-11(4)28)7-32-10(3)27)35-19(21,17(30)31)16(20)13(25-18(22)23)6-24-9(2)26/h8,13-16H,6-7H2,1-5H3,(H,24,26)(H,30,31)(H4,22,23,25). The van der Waals surface area contributed by atoms with Crippen LogP contribution in [-0.2, 0) is 42.9 Å². The monoisotopic (exact) mass is 512 g/mol. The van der Waals surface area contributed by atoms with Crippen LogP contribution in [0.5, 0.6) is 0 Å². The van der Waals surface area contributed by atoms with Crippen molar-refractivity contribution in [3.05, 3.63) is 0 Å². The van der Waals surface area contributed by atoms with Crippen molar-refractivity contribution in [2.24, 2.45) is 16.5 Å². The van der Waals surface area contributed by atoms with E-state index in [1.54, 1.807) is 0 Å². The van der Waals surface area contributed by atoms with Gasteiger partial charge in [-0.1, -0.05) is 0 Å². The molecule has 0 saturated carbocycles. The highest BCUT2D eigenvalue weighted by Crippen LogP contribution is 2.30. The molecule has 0 aromatic carbocycles. The highest BCUT2D eigenvalue weighted by atomic mass is 19.2. The molecule has 0 radical (unpaired) electrons. The fourth-order valence-corrected chi connectivity index (χ4v) is 2.75. The van der Waals surface area contributed by atoms with Gasteiger partial charge in [0, 0.05) is 34.2 Å². The van der Waals surface area contributed by atoms with E-state index in [4.69, 9.17) is 30.4 Å². The van der Waals surface area contributed by atoms with E-state index in [0.29, 0.717) is 0 Å². The van der Waals surface area contributed by atoms with Crippen molar-refractivity contribution in [3.8, 4) is 0 Å². The zero-order valence-corrected chi connectivity index (χ0v) is 19.8. The zero-order valence-electron chi connectivity index (χ0n) is 19.8. The van der Waals surface area contributed by atoms with Crippen LogP contribution in [0.4, 0.5) is 8.78 Å². The molecule has 0 saturated heterocycles. The summed E-state index contributed by atoms with van der Waals surface area (Å²) >= 11 is 0. The quantitative estimate of drug-likeness (QED) is 0.0922. The topological polar surface area (TPSA) is 219 Å². The Hall–Kier alpha value is -3.56. The van der Waals surface area contributed by atoms with Gasteiger partial charge in [-0.25, -0.2) is 14.2 Å². The maximum absolute atomic E-state index is 15.5. The number of hydrogen-bond acceptors (Lipinski definition) is 10. The van der Waals surface area contributed by atoms with Gasteiger partial charge < -0.3 is 40.8 Å². The molecular weight excluding hydrogens is 482 g/mol. The van der Waals surface area contributed by atoms with Crippen molar-refractivity contribution >= 4 is 35.7 Å². The van der Waals surface area contributed by atoms with Gasteiger partial charge in [-0.15, -0.1) is 0 Å². The molecular formula is C19H30F2N4O10. The number of guanidine groups is 1. The van der Waals surface area contributed by atoms with Crippen molar-refractivity contribution in [2.75, 3.05) is 13.2 Å². The van der Waals surface area contributed by atoms with E-state index in [-0.39, 0.29) is 0 Å². The fraction of sp³-hybridized carbons (Fsp3) is 0.684. The zero-order chi connectivity index (χ0) is 27.5. The Kier molecular flexibility index (Phi) is 12.6. The lowest BCUT2D eigenvalue weighted by molar-refractivity contribution is -0.250. The smallest absolute Gasteiger partial charge is 0.372 e. The Balaban J connectivity index is 6.20. The molecule has 0 aromatic rings. The van der Waals surface area contributed by atoms with Crippen molar-refractivity contribution in [3.63, 3.8) is 0 Å². The van der Waals surface area contributed by atoms with Crippen LogP contribution < -0.4 is 16.8 Å². The largest absolute Gasteiger partial charge is 0.477 e. The number of aliphatic carboxylic acids is 1. The second kappa shape index (κ2) is 14.0. The number of nitrogens with zero attached hydrogens (tertiary/aromatic N) is 1. The number of nitrogens with two attached hydrogens (primary N) is 2. The third kappa shape index (κ3) is 10.9. The number of amides is 1. The molecule has 6 atom stereocenters. The summed E-state index contributed by atoms with van der Waals surface area (Å²) in [5, 5.41) is 11.6. The van der Waals surface area contributed by atoms with Gasteiger partial charge in [-0.2, -0.15) is 4.39 Å². The number of esters is 3. The number of hydrogen-bond donors (Lipinski definition) is 4. The summed E-state index contributed by atoms with van der Waals surface area (Å²) < 4.78 is 50.3. The molecule has 0 spiro atoms. The lowest BCUT2D eigenvalue weighted by Gasteiger charge is -2.35. The van der Waals surface area contributed by atoms with E-state index in [1.807, 2.05) is 0 Å². The van der Waals surface area contributed by atoms with Crippen molar-refractivity contribution in [1.82, 2.24) is 5.32 Å². The van der Waals surface area contributed by atoms with Crippen molar-refractivity contribution in [2.45, 2.75) is 71.0 Å². The van der Waals surface area contributed by atoms with Gasteiger partial charge in [0.15, 0.2) is 24.3 Å². The van der Waals surface area contributed by atoms with Crippen LogP contribution >= 0.6 is 0 Å². The molecule has 14 nitrogen and oxygen atoms in total. The molecule has 200 valence electrons. The molecule has 6 unspecified atom stereocenters. The van der Waals surface area contributed by atoms with Gasteiger partial charge in [0.05, 0.1) is 6.10 Å². The minimum Gasteiger partial charge on any atom is -0.477 e. The lowest BCUT2D eigenvalue weighted by Crippen LogP contribution is -2.57. The first kappa shape index (κ1) is 31.4. The van der Waals surface area contributed by atoms with Gasteiger partial charge in [0.1, 0.15) is 12.6 Å². The highest BCUT2D eigenvalue weighted by molar-refractivity contribution is 5.78. The maximum Gasteiger partial charge on any atom is 0.372 e. The first-order valence-electron chi connectivity index (χ1n) is 10.1. The third-order valence-corrected chi connectivity index (χ3v) is 4.12. The van der Waals surface area contributed by atoms with E-state index < -0.39 is 85.3 Å². The maximum atomic E-state index is 15.5. The summed E-state index contributed by atoms with van der Waals surface area (Å²) in [6.45, 7) is 3.57. The Morgan fingerprint density at radius 1 is 1.03 bits per heavy atom. The fourth-order valence-electron chi connectivity index (χ4n) is 2.75. The number of carbonyl (C=O) groups excluding carboxylic acids is 4. The predicted molar refractivity (Wildman–Crippen MR) is 113 cm³/mol. The van der Waals surface area contributed by atoms with Crippen molar-refractivity contribution in [1.29, 1.82) is 0 Å². The Morgan fingerprint density at radius 3 is 1.97 bits per heavy atom. The average molecular weight is 512 g/mol. The number of alkyl halides is 2. The van der Waals surface area contributed by atoms with Crippen LogP contribution in [0.25, 0.3) is 0 Å². The summed E-state index contributed by atoms with van der Waals surface area (Å²) in [6.07, 6.45) is -8.25. The SMILES string of the molecule is CC(=O)NCC(N=C(N)N)C(F)C(F)(OC(C)C(OC(C)=O)C(COC(C)=O)OC(C)=O)C(=O)O. The number of rotatable bonds is 14. The Bertz CT molecular complexity index is 823. The third-order valence-electron chi connectivity index (χ3n) is 4.12. The van der Waals surface area contributed by atoms with Crippen LogP contribution in [0.2, 0.25) is 0 Å². The number of ether oxygens (including phenoxy) is 4. The van der Waals surface area contributed by atoms with E-state index in [2.05, 4.69) is 10.3 Å². The molecule has 1 amide bonds. The number of carboxylic acids is 1. The minimum atomic E-state index is -4.15. The number of carboxylic acid groups (broad SMARTS) is 1. The van der Waals surface area contributed by atoms with Gasteiger partial charge in [0.25, 0.3) is 0 Å². The molecule has 0 heterocycles. The average Bonchev–Trinajstić information content (AvgIpc) is 2.70. The normalized spacial score (nSPS) is 16.8.